The standard InChI is InChI=1S/C13H24/c1-4-7-11(2)10-12(3)13-8-5-6-9-13/h10-11,13H,4-9H2,1-3H3/b12-10+. The molecular weight excluding hydrogens is 156 g/mol. The maximum Gasteiger partial charge on any atom is -0.0206 e. The largest absolute Gasteiger partial charge is 0.0825 e. The fourth-order valence-electron chi connectivity index (χ4n) is 2.50. The molecule has 0 nitrogen and oxygen atoms in total. The third kappa shape index (κ3) is 3.54. The van der Waals surface area contributed by atoms with Gasteiger partial charge in [0.2, 0.25) is 0 Å². The Labute approximate surface area is 83.4 Å². The second-order valence-corrected chi connectivity index (χ2v) is 4.66. The SMILES string of the molecule is CCCC(C)/C=C(\C)C1CCCC1. The zero-order valence-electron chi connectivity index (χ0n) is 9.47. The van der Waals surface area contributed by atoms with Gasteiger partial charge in [0, 0.05) is 0 Å². The summed E-state index contributed by atoms with van der Waals surface area (Å²) in [5.74, 6) is 1.73. The molecule has 0 saturated heterocycles. The second kappa shape index (κ2) is 5.47. The van der Waals surface area contributed by atoms with E-state index in [1.807, 2.05) is 0 Å². The third-order valence-electron chi connectivity index (χ3n) is 3.29. The molecule has 0 aromatic rings. The van der Waals surface area contributed by atoms with Crippen molar-refractivity contribution in [1.82, 2.24) is 0 Å². The molecule has 13 heavy (non-hydrogen) atoms. The van der Waals surface area contributed by atoms with Crippen molar-refractivity contribution in [3.05, 3.63) is 11.6 Å². The normalized spacial score (nSPS) is 22.2. The second-order valence-electron chi connectivity index (χ2n) is 4.66. The first-order chi connectivity index (χ1) is 6.24. The van der Waals surface area contributed by atoms with Crippen LogP contribution < -0.4 is 0 Å². The van der Waals surface area contributed by atoms with Crippen LogP contribution in [-0.2, 0) is 0 Å². The van der Waals surface area contributed by atoms with Gasteiger partial charge in [0.25, 0.3) is 0 Å². The Hall–Kier alpha value is -0.260. The molecule has 1 rings (SSSR count). The molecule has 0 aromatic heterocycles. The Bertz CT molecular complexity index is 161. The van der Waals surface area contributed by atoms with Crippen molar-refractivity contribution in [1.29, 1.82) is 0 Å². The number of hydrogen-bond acceptors (Lipinski definition) is 0. The Morgan fingerprint density at radius 2 is 2.00 bits per heavy atom. The highest BCUT2D eigenvalue weighted by Gasteiger charge is 2.16. The van der Waals surface area contributed by atoms with Crippen molar-refractivity contribution in [3.63, 3.8) is 0 Å². The maximum atomic E-state index is 2.51. The van der Waals surface area contributed by atoms with Gasteiger partial charge in [-0.2, -0.15) is 0 Å². The van der Waals surface area contributed by atoms with Crippen LogP contribution in [0.4, 0.5) is 0 Å². The van der Waals surface area contributed by atoms with Gasteiger partial charge in [0.15, 0.2) is 0 Å². The monoisotopic (exact) mass is 180 g/mol. The Kier molecular flexibility index (Phi) is 4.55. The van der Waals surface area contributed by atoms with Crippen LogP contribution >= 0.6 is 0 Å². The molecule has 76 valence electrons. The molecule has 0 N–H and O–H groups in total. The lowest BCUT2D eigenvalue weighted by molar-refractivity contribution is 0.595. The maximum absolute atomic E-state index is 2.51. The summed E-state index contributed by atoms with van der Waals surface area (Å²) < 4.78 is 0. The highest BCUT2D eigenvalue weighted by atomic mass is 14.2. The van der Waals surface area contributed by atoms with Crippen LogP contribution in [0.2, 0.25) is 0 Å². The number of hydrogen-bond donors (Lipinski definition) is 0. The first-order valence-corrected chi connectivity index (χ1v) is 5.92. The molecular formula is C13H24. The summed E-state index contributed by atoms with van der Waals surface area (Å²) in [6.07, 6.45) is 11.0. The van der Waals surface area contributed by atoms with E-state index in [-0.39, 0.29) is 0 Å². The van der Waals surface area contributed by atoms with E-state index >= 15 is 0 Å². The van der Waals surface area contributed by atoms with Gasteiger partial charge >= 0.3 is 0 Å². The zero-order valence-corrected chi connectivity index (χ0v) is 9.47. The van der Waals surface area contributed by atoms with Crippen molar-refractivity contribution in [2.75, 3.05) is 0 Å². The van der Waals surface area contributed by atoms with E-state index in [4.69, 9.17) is 0 Å². The van der Waals surface area contributed by atoms with E-state index in [0.717, 1.165) is 11.8 Å². The molecule has 1 saturated carbocycles. The van der Waals surface area contributed by atoms with Gasteiger partial charge in [-0.05, 0) is 38.0 Å². The lowest BCUT2D eigenvalue weighted by Gasteiger charge is -2.12. The minimum absolute atomic E-state index is 0.797. The average Bonchev–Trinajstić information content (AvgIpc) is 2.55. The predicted octanol–water partition coefficient (Wildman–Crippen LogP) is 4.56. The Balaban J connectivity index is 2.39. The predicted molar refractivity (Wildman–Crippen MR) is 59.8 cm³/mol. The summed E-state index contributed by atoms with van der Waals surface area (Å²) in [7, 11) is 0. The van der Waals surface area contributed by atoms with Gasteiger partial charge in [0.05, 0.1) is 0 Å². The fourth-order valence-corrected chi connectivity index (χ4v) is 2.50. The molecule has 0 aliphatic heterocycles. The fraction of sp³-hybridized carbons (Fsp3) is 0.846. The highest BCUT2D eigenvalue weighted by Crippen LogP contribution is 2.31. The molecule has 0 spiro atoms. The van der Waals surface area contributed by atoms with Gasteiger partial charge in [-0.15, -0.1) is 0 Å². The van der Waals surface area contributed by atoms with E-state index in [1.54, 1.807) is 5.57 Å². The van der Waals surface area contributed by atoms with E-state index in [1.165, 1.54) is 38.5 Å². The van der Waals surface area contributed by atoms with Crippen LogP contribution in [0.25, 0.3) is 0 Å². The van der Waals surface area contributed by atoms with Gasteiger partial charge in [-0.1, -0.05) is 44.8 Å². The quantitative estimate of drug-likeness (QED) is 0.556. The summed E-state index contributed by atoms with van der Waals surface area (Å²) >= 11 is 0. The summed E-state index contributed by atoms with van der Waals surface area (Å²) in [6, 6.07) is 0. The van der Waals surface area contributed by atoms with Crippen LogP contribution in [0.3, 0.4) is 0 Å². The highest BCUT2D eigenvalue weighted by molar-refractivity contribution is 5.06. The van der Waals surface area contributed by atoms with E-state index in [0.29, 0.717) is 0 Å². The van der Waals surface area contributed by atoms with Crippen LogP contribution in [0.15, 0.2) is 11.6 Å². The van der Waals surface area contributed by atoms with Crippen molar-refractivity contribution >= 4 is 0 Å². The average molecular weight is 180 g/mol. The van der Waals surface area contributed by atoms with Gasteiger partial charge in [-0.3, -0.25) is 0 Å². The van der Waals surface area contributed by atoms with Crippen LogP contribution in [-0.4, -0.2) is 0 Å². The van der Waals surface area contributed by atoms with Crippen molar-refractivity contribution < 1.29 is 0 Å². The Morgan fingerprint density at radius 3 is 2.54 bits per heavy atom. The lowest BCUT2D eigenvalue weighted by Crippen LogP contribution is -1.98. The molecule has 1 atom stereocenters. The molecule has 1 aliphatic carbocycles. The summed E-state index contributed by atoms with van der Waals surface area (Å²) in [5.41, 5.74) is 1.67. The topological polar surface area (TPSA) is 0 Å². The summed E-state index contributed by atoms with van der Waals surface area (Å²) in [4.78, 5) is 0. The molecule has 0 amide bonds. The molecule has 0 heterocycles. The molecule has 1 fully saturated rings. The summed E-state index contributed by atoms with van der Waals surface area (Å²) in [5, 5.41) is 0. The van der Waals surface area contributed by atoms with Crippen LogP contribution in [0, 0.1) is 11.8 Å². The molecule has 0 radical (unpaired) electrons. The van der Waals surface area contributed by atoms with Crippen molar-refractivity contribution in [2.24, 2.45) is 11.8 Å². The van der Waals surface area contributed by atoms with Gasteiger partial charge in [0.1, 0.15) is 0 Å². The van der Waals surface area contributed by atoms with Crippen LogP contribution in [0.5, 0.6) is 0 Å². The first-order valence-electron chi connectivity index (χ1n) is 5.92. The van der Waals surface area contributed by atoms with E-state index in [9.17, 15) is 0 Å². The Morgan fingerprint density at radius 1 is 1.38 bits per heavy atom. The van der Waals surface area contributed by atoms with Crippen molar-refractivity contribution in [2.45, 2.75) is 59.3 Å². The summed E-state index contributed by atoms with van der Waals surface area (Å²) in [6.45, 7) is 6.96. The van der Waals surface area contributed by atoms with Gasteiger partial charge in [-0.25, -0.2) is 0 Å². The van der Waals surface area contributed by atoms with Crippen LogP contribution in [0.1, 0.15) is 59.3 Å². The first kappa shape index (κ1) is 10.8. The minimum atomic E-state index is 0.797. The number of allylic oxidation sites excluding steroid dienone is 2. The molecule has 1 aliphatic rings. The zero-order chi connectivity index (χ0) is 9.68. The van der Waals surface area contributed by atoms with E-state index < -0.39 is 0 Å². The smallest absolute Gasteiger partial charge is 0.0206 e. The van der Waals surface area contributed by atoms with E-state index in [2.05, 4.69) is 26.8 Å². The third-order valence-corrected chi connectivity index (χ3v) is 3.29. The lowest BCUT2D eigenvalue weighted by atomic mass is 9.94. The molecule has 0 heteroatoms. The molecule has 0 bridgehead atoms. The minimum Gasteiger partial charge on any atom is -0.0825 e. The van der Waals surface area contributed by atoms with Crippen molar-refractivity contribution in [3.8, 4) is 0 Å². The number of rotatable bonds is 4. The molecule has 0 aromatic carbocycles. The molecule has 1 unspecified atom stereocenters. The van der Waals surface area contributed by atoms with Gasteiger partial charge < -0.3 is 0 Å².